The maximum Gasteiger partial charge on any atom is 0.307 e. The third kappa shape index (κ3) is 4.76. The molecule has 0 radical (unpaired) electrons. The molecular formula is C27H23ClN2O5. The highest BCUT2D eigenvalue weighted by atomic mass is 35.5. The van der Waals surface area contributed by atoms with Crippen molar-refractivity contribution >= 4 is 46.4 Å². The summed E-state index contributed by atoms with van der Waals surface area (Å²) in [6, 6.07) is 19.3. The van der Waals surface area contributed by atoms with Crippen molar-refractivity contribution in [2.75, 3.05) is 23.9 Å². The summed E-state index contributed by atoms with van der Waals surface area (Å²) in [5.41, 5.74) is 2.80. The molecule has 3 aromatic carbocycles. The number of anilines is 2. The predicted octanol–water partition coefficient (Wildman–Crippen LogP) is 4.66. The smallest absolute Gasteiger partial charge is 0.307 e. The van der Waals surface area contributed by atoms with Gasteiger partial charge in [0.05, 0.1) is 18.0 Å². The Hall–Kier alpha value is -4.10. The summed E-state index contributed by atoms with van der Waals surface area (Å²) >= 11 is 6.09. The number of hydrogen-bond donors (Lipinski definition) is 2. The molecular weight excluding hydrogens is 468 g/mol. The number of ketones is 1. The number of amides is 1. The highest BCUT2D eigenvalue weighted by Gasteiger charge is 2.47. The van der Waals surface area contributed by atoms with Crippen molar-refractivity contribution in [3.05, 3.63) is 100 Å². The van der Waals surface area contributed by atoms with E-state index in [1.54, 1.807) is 42.5 Å². The Bertz CT molecular complexity index is 1330. The van der Waals surface area contributed by atoms with Crippen LogP contribution in [0.15, 0.2) is 78.4 Å². The molecule has 0 saturated carbocycles. The van der Waals surface area contributed by atoms with Gasteiger partial charge in [0.25, 0.3) is 11.7 Å². The van der Waals surface area contributed by atoms with Crippen LogP contribution < -0.4 is 9.80 Å². The lowest BCUT2D eigenvalue weighted by atomic mass is 9.95. The van der Waals surface area contributed by atoms with E-state index in [1.807, 2.05) is 43.3 Å². The summed E-state index contributed by atoms with van der Waals surface area (Å²) in [4.78, 5) is 40.8. The van der Waals surface area contributed by atoms with Gasteiger partial charge in [0.1, 0.15) is 5.76 Å². The molecule has 178 valence electrons. The van der Waals surface area contributed by atoms with E-state index in [1.165, 1.54) is 11.0 Å². The molecule has 3 aromatic rings. The Morgan fingerprint density at radius 1 is 0.971 bits per heavy atom. The quantitative estimate of drug-likeness (QED) is 0.296. The first-order valence-electron chi connectivity index (χ1n) is 10.8. The van der Waals surface area contributed by atoms with Crippen molar-refractivity contribution < 1.29 is 24.6 Å². The van der Waals surface area contributed by atoms with Crippen LogP contribution in [0.25, 0.3) is 5.76 Å². The van der Waals surface area contributed by atoms with E-state index in [-0.39, 0.29) is 17.8 Å². The number of carboxylic acids is 1. The van der Waals surface area contributed by atoms with Crippen LogP contribution in [0.5, 0.6) is 0 Å². The van der Waals surface area contributed by atoms with Gasteiger partial charge in [-0.1, -0.05) is 48.0 Å². The van der Waals surface area contributed by atoms with Crippen molar-refractivity contribution in [2.45, 2.75) is 12.5 Å². The molecule has 7 nitrogen and oxygen atoms in total. The van der Waals surface area contributed by atoms with Gasteiger partial charge in [0.15, 0.2) is 0 Å². The maximum atomic E-state index is 13.2. The van der Waals surface area contributed by atoms with Crippen LogP contribution >= 0.6 is 11.6 Å². The number of aliphatic hydroxyl groups is 1. The Labute approximate surface area is 207 Å². The molecule has 4 rings (SSSR count). The molecule has 1 saturated heterocycles. The summed E-state index contributed by atoms with van der Waals surface area (Å²) in [6.45, 7) is 0. The highest BCUT2D eigenvalue weighted by molar-refractivity contribution is 6.51. The largest absolute Gasteiger partial charge is 0.507 e. The zero-order valence-electron chi connectivity index (χ0n) is 19.1. The summed E-state index contributed by atoms with van der Waals surface area (Å²) in [5, 5.41) is 20.6. The molecule has 1 heterocycles. The van der Waals surface area contributed by atoms with Gasteiger partial charge in [-0.15, -0.1) is 0 Å². The number of aliphatic carboxylic acids is 1. The van der Waals surface area contributed by atoms with E-state index in [9.17, 15) is 19.5 Å². The third-order valence-corrected chi connectivity index (χ3v) is 6.07. The molecule has 1 fully saturated rings. The topological polar surface area (TPSA) is 98.2 Å². The SMILES string of the molecule is CN(C)c1ccc(C2/C(=C(/O)c3cccc(Cl)c3)C(=O)C(=O)N2c2ccc(CC(=O)O)cc2)cc1. The van der Waals surface area contributed by atoms with E-state index in [0.29, 0.717) is 27.4 Å². The fourth-order valence-electron chi connectivity index (χ4n) is 4.11. The minimum Gasteiger partial charge on any atom is -0.507 e. The maximum absolute atomic E-state index is 13.2. The summed E-state index contributed by atoms with van der Waals surface area (Å²) in [5.74, 6) is -2.90. The normalized spacial score (nSPS) is 17.0. The van der Waals surface area contributed by atoms with Gasteiger partial charge in [-0.05, 0) is 47.5 Å². The minimum atomic E-state index is -0.972. The summed E-state index contributed by atoms with van der Waals surface area (Å²) in [7, 11) is 3.80. The summed E-state index contributed by atoms with van der Waals surface area (Å²) in [6.07, 6.45) is -0.163. The molecule has 8 heteroatoms. The standard InChI is InChI=1S/C27H23ClN2O5/c1-29(2)20-12-8-17(9-13-20)24-23(25(33)18-4-3-5-19(28)15-18)26(34)27(35)30(24)21-10-6-16(7-11-21)14-22(31)32/h3-13,15,24,33H,14H2,1-2H3,(H,31,32)/b25-23-. The van der Waals surface area contributed by atoms with Crippen LogP contribution in [-0.4, -0.2) is 42.0 Å². The summed E-state index contributed by atoms with van der Waals surface area (Å²) < 4.78 is 0. The Morgan fingerprint density at radius 3 is 2.20 bits per heavy atom. The number of halogens is 1. The van der Waals surface area contributed by atoms with Gasteiger partial charge >= 0.3 is 5.97 Å². The molecule has 1 unspecified atom stereocenters. The van der Waals surface area contributed by atoms with Crippen LogP contribution in [0, 0.1) is 0 Å². The number of rotatable bonds is 6. The van der Waals surface area contributed by atoms with Crippen molar-refractivity contribution in [1.29, 1.82) is 0 Å². The molecule has 2 N–H and O–H groups in total. The average Bonchev–Trinajstić information content (AvgIpc) is 3.09. The first-order valence-corrected chi connectivity index (χ1v) is 11.2. The fourth-order valence-corrected chi connectivity index (χ4v) is 4.30. The Balaban J connectivity index is 1.88. The van der Waals surface area contributed by atoms with Crippen LogP contribution in [0.4, 0.5) is 11.4 Å². The van der Waals surface area contributed by atoms with E-state index in [4.69, 9.17) is 16.7 Å². The number of benzene rings is 3. The van der Waals surface area contributed by atoms with Gasteiger partial charge in [-0.3, -0.25) is 19.3 Å². The van der Waals surface area contributed by atoms with E-state index in [0.717, 1.165) is 5.69 Å². The number of carbonyl (C=O) groups excluding carboxylic acids is 2. The van der Waals surface area contributed by atoms with E-state index < -0.39 is 23.7 Å². The lowest BCUT2D eigenvalue weighted by Gasteiger charge is -2.26. The zero-order chi connectivity index (χ0) is 25.3. The van der Waals surface area contributed by atoms with Crippen molar-refractivity contribution in [3.8, 4) is 0 Å². The lowest BCUT2D eigenvalue weighted by Crippen LogP contribution is -2.29. The molecule has 0 spiro atoms. The van der Waals surface area contributed by atoms with Crippen LogP contribution in [0.2, 0.25) is 5.02 Å². The minimum absolute atomic E-state index is 0.0514. The van der Waals surface area contributed by atoms with Crippen molar-refractivity contribution in [1.82, 2.24) is 0 Å². The monoisotopic (exact) mass is 490 g/mol. The predicted molar refractivity (Wildman–Crippen MR) is 135 cm³/mol. The number of carboxylic acid groups (broad SMARTS) is 1. The molecule has 1 atom stereocenters. The van der Waals surface area contributed by atoms with E-state index in [2.05, 4.69) is 0 Å². The molecule has 1 amide bonds. The van der Waals surface area contributed by atoms with Gasteiger partial charge in [-0.2, -0.15) is 0 Å². The lowest BCUT2D eigenvalue weighted by molar-refractivity contribution is -0.136. The second kappa shape index (κ2) is 9.64. The van der Waals surface area contributed by atoms with Gasteiger partial charge in [-0.25, -0.2) is 0 Å². The first kappa shape index (κ1) is 24.0. The number of nitrogens with zero attached hydrogens (tertiary/aromatic N) is 2. The highest BCUT2D eigenvalue weighted by Crippen LogP contribution is 2.42. The molecule has 0 aliphatic carbocycles. The van der Waals surface area contributed by atoms with Crippen LogP contribution in [0.3, 0.4) is 0 Å². The first-order chi connectivity index (χ1) is 16.7. The van der Waals surface area contributed by atoms with Crippen molar-refractivity contribution in [2.24, 2.45) is 0 Å². The average molecular weight is 491 g/mol. The molecule has 1 aliphatic rings. The van der Waals surface area contributed by atoms with Gasteiger partial charge in [0, 0.05) is 36.1 Å². The Kier molecular flexibility index (Phi) is 6.62. The number of aliphatic hydroxyl groups excluding tert-OH is 1. The molecule has 0 bridgehead atoms. The Morgan fingerprint density at radius 2 is 1.63 bits per heavy atom. The van der Waals surface area contributed by atoms with E-state index >= 15 is 0 Å². The molecule has 1 aliphatic heterocycles. The van der Waals surface area contributed by atoms with Crippen molar-refractivity contribution in [3.63, 3.8) is 0 Å². The third-order valence-electron chi connectivity index (χ3n) is 5.84. The number of Topliss-reactive ketones (excluding diaryl/α,β-unsaturated/α-hetero) is 1. The number of hydrogen-bond acceptors (Lipinski definition) is 5. The molecule has 0 aromatic heterocycles. The van der Waals surface area contributed by atoms with Crippen LogP contribution in [0.1, 0.15) is 22.7 Å². The van der Waals surface area contributed by atoms with Gasteiger partial charge < -0.3 is 15.1 Å². The second-order valence-electron chi connectivity index (χ2n) is 8.40. The fraction of sp³-hybridized carbons (Fsp3) is 0.148. The zero-order valence-corrected chi connectivity index (χ0v) is 19.9. The molecule has 35 heavy (non-hydrogen) atoms. The number of carbonyl (C=O) groups is 3. The second-order valence-corrected chi connectivity index (χ2v) is 8.84. The van der Waals surface area contributed by atoms with Gasteiger partial charge in [0.2, 0.25) is 0 Å². The van der Waals surface area contributed by atoms with Crippen LogP contribution in [-0.2, 0) is 20.8 Å².